The Labute approximate surface area is 105 Å². The molecule has 2 atom stereocenters. The summed E-state index contributed by atoms with van der Waals surface area (Å²) in [5.74, 6) is 0.896. The van der Waals surface area contributed by atoms with Crippen molar-refractivity contribution < 1.29 is 9.47 Å². The van der Waals surface area contributed by atoms with Crippen molar-refractivity contribution in [3.63, 3.8) is 0 Å². The van der Waals surface area contributed by atoms with Crippen LogP contribution < -0.4 is 4.74 Å². The Morgan fingerprint density at radius 3 is 2.62 bits per heavy atom. The van der Waals surface area contributed by atoms with Crippen molar-refractivity contribution in [1.29, 1.82) is 0 Å². The molecule has 88 valence electrons. The van der Waals surface area contributed by atoms with Crippen LogP contribution in [0.2, 0.25) is 0 Å². The maximum Gasteiger partial charge on any atom is 0.118 e. The number of alkyl halides is 1. The molecule has 2 rings (SSSR count). The van der Waals surface area contributed by atoms with Crippen molar-refractivity contribution in [1.82, 2.24) is 0 Å². The van der Waals surface area contributed by atoms with Crippen molar-refractivity contribution in [2.75, 3.05) is 13.7 Å². The minimum Gasteiger partial charge on any atom is -0.497 e. The molecule has 0 saturated carbocycles. The Balaban J connectivity index is 2.04. The van der Waals surface area contributed by atoms with Crippen molar-refractivity contribution in [3.05, 3.63) is 29.8 Å². The molecule has 1 saturated heterocycles. The van der Waals surface area contributed by atoms with E-state index in [-0.39, 0.29) is 0 Å². The first-order chi connectivity index (χ1) is 7.81. The first-order valence-electron chi connectivity index (χ1n) is 5.71. The molecule has 0 aromatic heterocycles. The second-order valence-corrected chi connectivity index (χ2v) is 5.07. The number of methoxy groups -OCH3 is 1. The van der Waals surface area contributed by atoms with Gasteiger partial charge in [0.2, 0.25) is 0 Å². The van der Waals surface area contributed by atoms with E-state index in [1.165, 1.54) is 18.4 Å². The van der Waals surface area contributed by atoms with Gasteiger partial charge in [-0.15, -0.1) is 0 Å². The standard InChI is InChI=1S/C13H17BrO2/c1-15-11-7-5-10(6-8-11)13(14)12-4-2-3-9-16-12/h5-8,12-13H,2-4,9H2,1H3. The molecule has 16 heavy (non-hydrogen) atoms. The van der Waals surface area contributed by atoms with Crippen molar-refractivity contribution >= 4 is 15.9 Å². The van der Waals surface area contributed by atoms with Gasteiger partial charge in [0.25, 0.3) is 0 Å². The molecule has 3 heteroatoms. The lowest BCUT2D eigenvalue weighted by molar-refractivity contribution is 0.0160. The smallest absolute Gasteiger partial charge is 0.118 e. The van der Waals surface area contributed by atoms with Gasteiger partial charge in [-0.1, -0.05) is 28.1 Å². The summed E-state index contributed by atoms with van der Waals surface area (Å²) >= 11 is 3.73. The second-order valence-electron chi connectivity index (χ2n) is 4.08. The molecule has 2 nitrogen and oxygen atoms in total. The van der Waals surface area contributed by atoms with Gasteiger partial charge >= 0.3 is 0 Å². The Morgan fingerprint density at radius 2 is 2.06 bits per heavy atom. The van der Waals surface area contributed by atoms with Crippen LogP contribution in [0.5, 0.6) is 5.75 Å². The van der Waals surface area contributed by atoms with E-state index in [0.717, 1.165) is 18.8 Å². The largest absolute Gasteiger partial charge is 0.497 e. The predicted octanol–water partition coefficient (Wildman–Crippen LogP) is 3.70. The molecule has 1 aromatic rings. The number of hydrogen-bond acceptors (Lipinski definition) is 2. The zero-order valence-corrected chi connectivity index (χ0v) is 11.1. The minimum absolute atomic E-state index is 0.290. The van der Waals surface area contributed by atoms with Gasteiger partial charge in [-0.25, -0.2) is 0 Å². The molecule has 1 fully saturated rings. The van der Waals surface area contributed by atoms with E-state index >= 15 is 0 Å². The van der Waals surface area contributed by atoms with Crippen LogP contribution in [0.25, 0.3) is 0 Å². The molecule has 1 heterocycles. The summed E-state index contributed by atoms with van der Waals surface area (Å²) in [5, 5.41) is 0. The summed E-state index contributed by atoms with van der Waals surface area (Å²) in [5.41, 5.74) is 1.26. The minimum atomic E-state index is 0.290. The zero-order valence-electron chi connectivity index (χ0n) is 9.49. The Bertz CT molecular complexity index is 317. The van der Waals surface area contributed by atoms with Gasteiger partial charge in [-0.05, 0) is 37.0 Å². The maximum atomic E-state index is 5.77. The molecule has 0 spiro atoms. The van der Waals surface area contributed by atoms with Crippen LogP contribution in [0.4, 0.5) is 0 Å². The van der Waals surface area contributed by atoms with Crippen LogP contribution >= 0.6 is 15.9 Å². The Hall–Kier alpha value is -0.540. The van der Waals surface area contributed by atoms with Gasteiger partial charge in [0.15, 0.2) is 0 Å². The van der Waals surface area contributed by atoms with Crippen molar-refractivity contribution in [3.8, 4) is 5.75 Å². The fourth-order valence-electron chi connectivity index (χ4n) is 2.00. The first-order valence-corrected chi connectivity index (χ1v) is 6.62. The fraction of sp³-hybridized carbons (Fsp3) is 0.538. The third-order valence-corrected chi connectivity index (χ3v) is 4.09. The number of halogens is 1. The third kappa shape index (κ3) is 2.77. The molecule has 1 aliphatic heterocycles. The third-order valence-electron chi connectivity index (χ3n) is 2.98. The highest BCUT2D eigenvalue weighted by Crippen LogP contribution is 2.33. The molecular formula is C13H17BrO2. The van der Waals surface area contributed by atoms with Crippen LogP contribution in [0.3, 0.4) is 0 Å². The molecule has 1 aliphatic rings. The normalized spacial score (nSPS) is 22.8. The quantitative estimate of drug-likeness (QED) is 0.788. The van der Waals surface area contributed by atoms with Crippen molar-refractivity contribution in [2.45, 2.75) is 30.2 Å². The highest BCUT2D eigenvalue weighted by Gasteiger charge is 2.23. The zero-order chi connectivity index (χ0) is 11.4. The summed E-state index contributed by atoms with van der Waals surface area (Å²) < 4.78 is 10.9. The number of rotatable bonds is 3. The molecule has 0 aliphatic carbocycles. The van der Waals surface area contributed by atoms with Crippen LogP contribution in [-0.2, 0) is 4.74 Å². The maximum absolute atomic E-state index is 5.77. The van der Waals surface area contributed by atoms with E-state index in [2.05, 4.69) is 28.1 Å². The molecule has 0 bridgehead atoms. The van der Waals surface area contributed by atoms with Crippen LogP contribution in [0, 0.1) is 0 Å². The fourth-order valence-corrected chi connectivity index (χ4v) is 2.72. The Kier molecular flexibility index (Phi) is 4.24. The number of hydrogen-bond donors (Lipinski definition) is 0. The summed E-state index contributed by atoms with van der Waals surface area (Å²) in [4.78, 5) is 0.290. The lowest BCUT2D eigenvalue weighted by atomic mass is 10.0. The van der Waals surface area contributed by atoms with E-state index < -0.39 is 0 Å². The second kappa shape index (κ2) is 5.69. The van der Waals surface area contributed by atoms with Crippen LogP contribution in [-0.4, -0.2) is 19.8 Å². The number of benzene rings is 1. The van der Waals surface area contributed by atoms with E-state index in [1.54, 1.807) is 7.11 Å². The van der Waals surface area contributed by atoms with E-state index in [9.17, 15) is 0 Å². The van der Waals surface area contributed by atoms with Gasteiger partial charge in [-0.3, -0.25) is 0 Å². The molecular weight excluding hydrogens is 268 g/mol. The van der Waals surface area contributed by atoms with Gasteiger partial charge in [0, 0.05) is 6.61 Å². The van der Waals surface area contributed by atoms with Crippen LogP contribution in [0.15, 0.2) is 24.3 Å². The monoisotopic (exact) mass is 284 g/mol. The molecule has 1 aromatic carbocycles. The van der Waals surface area contributed by atoms with Crippen molar-refractivity contribution in [2.24, 2.45) is 0 Å². The predicted molar refractivity (Wildman–Crippen MR) is 68.3 cm³/mol. The Morgan fingerprint density at radius 1 is 1.31 bits per heavy atom. The number of ether oxygens (including phenoxy) is 2. The lowest BCUT2D eigenvalue weighted by Crippen LogP contribution is -2.23. The average Bonchev–Trinajstić information content (AvgIpc) is 2.39. The van der Waals surface area contributed by atoms with Gasteiger partial charge in [0.05, 0.1) is 18.0 Å². The summed E-state index contributed by atoms with van der Waals surface area (Å²) in [6, 6.07) is 8.17. The SMILES string of the molecule is COc1ccc(C(Br)C2CCCCO2)cc1. The van der Waals surface area contributed by atoms with Gasteiger partial charge in [0.1, 0.15) is 5.75 Å². The lowest BCUT2D eigenvalue weighted by Gasteiger charge is -2.27. The highest BCUT2D eigenvalue weighted by molar-refractivity contribution is 9.09. The van der Waals surface area contributed by atoms with E-state index in [1.807, 2.05) is 12.1 Å². The molecule has 0 radical (unpaired) electrons. The molecule has 0 amide bonds. The molecule has 2 unspecified atom stereocenters. The first kappa shape index (κ1) is 11.9. The van der Waals surface area contributed by atoms with E-state index in [4.69, 9.17) is 9.47 Å². The van der Waals surface area contributed by atoms with E-state index in [0.29, 0.717) is 10.9 Å². The summed E-state index contributed by atoms with van der Waals surface area (Å²) in [7, 11) is 1.69. The van der Waals surface area contributed by atoms with Gasteiger partial charge < -0.3 is 9.47 Å². The summed E-state index contributed by atoms with van der Waals surface area (Å²) in [6.45, 7) is 0.892. The summed E-state index contributed by atoms with van der Waals surface area (Å²) in [6.07, 6.45) is 3.91. The average molecular weight is 285 g/mol. The molecule has 0 N–H and O–H groups in total. The van der Waals surface area contributed by atoms with Gasteiger partial charge in [-0.2, -0.15) is 0 Å². The van der Waals surface area contributed by atoms with Crippen LogP contribution in [0.1, 0.15) is 29.7 Å². The topological polar surface area (TPSA) is 18.5 Å². The highest BCUT2D eigenvalue weighted by atomic mass is 79.9.